The van der Waals surface area contributed by atoms with Crippen LogP contribution in [0.15, 0.2) is 134 Å². The topological polar surface area (TPSA) is 339 Å². The summed E-state index contributed by atoms with van der Waals surface area (Å²) >= 11 is 0. The average molecular weight is 1460 g/mol. The highest BCUT2D eigenvalue weighted by Gasteiger charge is 2.58. The van der Waals surface area contributed by atoms with Crippen LogP contribution < -0.4 is 60.6 Å². The van der Waals surface area contributed by atoms with Crippen LogP contribution in [-0.2, 0) is 41.9 Å². The summed E-state index contributed by atoms with van der Waals surface area (Å²) in [7, 11) is 2.95. The molecule has 1 saturated carbocycles. The Morgan fingerprint density at radius 3 is 2.09 bits per heavy atom. The number of aliphatic hydroxyl groups excluding tert-OH is 2. The molecule has 2 fully saturated rings. The maximum Gasteiger partial charge on any atom is 0.416 e. The van der Waals surface area contributed by atoms with Gasteiger partial charge in [-0.1, -0.05) is 104 Å². The number of fused-ring (bicyclic) bond motifs is 9. The lowest BCUT2D eigenvalue weighted by atomic mass is 9.95. The van der Waals surface area contributed by atoms with Crippen LogP contribution in [0.4, 0.5) is 27.5 Å². The van der Waals surface area contributed by atoms with Gasteiger partial charge in [0.2, 0.25) is 29.5 Å². The molecule has 107 heavy (non-hydrogen) atoms. The standard InChI is InChI=1S/C79H89N13O15/c1-45(2)70(85-68(95)40-82-67(94)39-81-66(93)26-27-69(96)89-41-50-18-11-12-19-54(50)71-72(92(46(3)4)87-86-71)55-20-13-14-21-59(55)89)74(98)83-47(5)73(97)84-52-24-22-48(23-25-52)43-107-78(102)91-60-36-65(63(104-7)34-57(60)76(100)90-44-79(28-29-79)37-61(90)77(91)101)106-31-15-30-105-64-35-58-56(33-62(64)103-6)75(99)88-42-51(32-53(88)38-80-58)49-16-9-8-10-17-49/h8-14,16-25,33-36,42,45-47,53,61,69-70,77,80,96,101H,15,26-32,37-41,43-44H2,1-7H3,(H,81,93)(H,82,94)(H,83,98)(H,84,97)(H,85,95)/t47-,53-,61-,69?,70-,77?/m0/s1. The predicted molar refractivity (Wildman–Crippen MR) is 397 cm³/mol. The van der Waals surface area contributed by atoms with Gasteiger partial charge in [-0.15, -0.1) is 5.10 Å². The number of hydrogen-bond acceptors (Lipinski definition) is 19. The smallest absolute Gasteiger partial charge is 0.416 e. The second-order valence-corrected chi connectivity index (χ2v) is 28.5. The first-order valence-electron chi connectivity index (χ1n) is 36.2. The first-order chi connectivity index (χ1) is 51.6. The van der Waals surface area contributed by atoms with Crippen LogP contribution in [0.2, 0.25) is 0 Å². The summed E-state index contributed by atoms with van der Waals surface area (Å²) in [5.74, 6) is -2.85. The van der Waals surface area contributed by atoms with Crippen molar-refractivity contribution in [3.05, 3.63) is 161 Å². The van der Waals surface area contributed by atoms with E-state index in [1.54, 1.807) is 60.0 Å². The fourth-order valence-corrected chi connectivity index (χ4v) is 14.5. The minimum Gasteiger partial charge on any atom is -0.493 e. The number of benzene rings is 6. The van der Waals surface area contributed by atoms with Gasteiger partial charge in [-0.25, -0.2) is 14.4 Å². The number of amides is 8. The lowest BCUT2D eigenvalue weighted by Crippen LogP contribution is -2.55. The Labute approximate surface area is 619 Å². The second kappa shape index (κ2) is 31.7. The lowest BCUT2D eigenvalue weighted by Gasteiger charge is -2.34. The van der Waals surface area contributed by atoms with E-state index in [2.05, 4.69) is 42.2 Å². The van der Waals surface area contributed by atoms with Gasteiger partial charge in [-0.05, 0) is 110 Å². The van der Waals surface area contributed by atoms with Crippen LogP contribution in [-0.4, -0.2) is 173 Å². The van der Waals surface area contributed by atoms with E-state index in [0.717, 1.165) is 62.6 Å². The highest BCUT2D eigenvalue weighted by atomic mass is 16.6. The Morgan fingerprint density at radius 2 is 1.38 bits per heavy atom. The van der Waals surface area contributed by atoms with Crippen LogP contribution >= 0.6 is 0 Å². The molecule has 1 aromatic heterocycles. The maximum absolute atomic E-state index is 14.5. The van der Waals surface area contributed by atoms with Crippen molar-refractivity contribution in [2.45, 2.75) is 135 Å². The summed E-state index contributed by atoms with van der Waals surface area (Å²) in [5, 5.41) is 49.5. The van der Waals surface area contributed by atoms with Crippen molar-refractivity contribution in [3.8, 4) is 45.5 Å². The van der Waals surface area contributed by atoms with Crippen LogP contribution in [0.1, 0.15) is 123 Å². The minimum absolute atomic E-state index is 0.00584. The molecular weight excluding hydrogens is 1370 g/mol. The molecule has 2 unspecified atom stereocenters. The van der Waals surface area contributed by atoms with Gasteiger partial charge < -0.3 is 80.5 Å². The number of methoxy groups -OCH3 is 2. The van der Waals surface area contributed by atoms with Crippen molar-refractivity contribution in [2.75, 3.05) is 74.0 Å². The van der Waals surface area contributed by atoms with E-state index in [1.165, 1.54) is 33.3 Å². The van der Waals surface area contributed by atoms with Gasteiger partial charge in [0.05, 0.1) is 80.8 Å². The molecule has 8 N–H and O–H groups in total. The molecule has 28 nitrogen and oxygen atoms in total. The number of nitrogens with one attached hydrogen (secondary N) is 6. The van der Waals surface area contributed by atoms with Crippen LogP contribution in [0.3, 0.4) is 0 Å². The third-order valence-electron chi connectivity index (χ3n) is 20.5. The number of aliphatic hydroxyl groups is 2. The largest absolute Gasteiger partial charge is 0.493 e. The predicted octanol–water partition coefficient (Wildman–Crippen LogP) is 8.14. The quantitative estimate of drug-likeness (QED) is 0.0237. The Kier molecular flexibility index (Phi) is 21.8. The molecule has 28 heteroatoms. The SMILES string of the molecule is COc1cc2c(cc1OCCCOc1cc3c(cc1OC)C(=O)N1CC4(CC4)C[C@H]1C(O)N3C(=O)OCc1ccc(NC(=O)[C@H](C)NC(=O)[C@@H](NC(=O)CNC(=O)CNC(=O)CCC(O)N3Cc4ccccc4-c4nnn(C(C)C)c4-c4ccccc43)C(C)C)cc1)NC[C@@H]1CC(c3ccccc3)=CN1C2=O. The molecule has 6 aromatic carbocycles. The maximum atomic E-state index is 14.5. The molecule has 1 saturated heterocycles. The van der Waals surface area contributed by atoms with Crippen molar-refractivity contribution < 1.29 is 72.3 Å². The summed E-state index contributed by atoms with van der Waals surface area (Å²) in [5.41, 5.74) is 9.05. The molecule has 13 rings (SSSR count). The number of para-hydroxylation sites is 1. The van der Waals surface area contributed by atoms with Gasteiger partial charge >= 0.3 is 6.09 Å². The van der Waals surface area contributed by atoms with Crippen LogP contribution in [0.25, 0.3) is 28.1 Å². The highest BCUT2D eigenvalue weighted by molar-refractivity contribution is 6.07. The van der Waals surface area contributed by atoms with Crippen molar-refractivity contribution >= 4 is 75.8 Å². The van der Waals surface area contributed by atoms with Gasteiger partial charge in [0.15, 0.2) is 29.2 Å². The summed E-state index contributed by atoms with van der Waals surface area (Å²) < 4.78 is 31.8. The molecular formula is C79H89N13O15. The van der Waals surface area contributed by atoms with Crippen molar-refractivity contribution in [1.29, 1.82) is 0 Å². The zero-order valence-corrected chi connectivity index (χ0v) is 60.8. The number of anilines is 4. The van der Waals surface area contributed by atoms with E-state index in [0.29, 0.717) is 72.9 Å². The van der Waals surface area contributed by atoms with Crippen molar-refractivity contribution in [3.63, 3.8) is 0 Å². The van der Waals surface area contributed by atoms with E-state index < -0.39 is 85.2 Å². The van der Waals surface area contributed by atoms with E-state index in [9.17, 15) is 48.6 Å². The molecule has 8 amide bonds. The molecule has 6 atom stereocenters. The number of carbonyl (C=O) groups excluding carboxylic acids is 8. The van der Waals surface area contributed by atoms with E-state index in [-0.39, 0.29) is 84.7 Å². The average Bonchev–Trinajstić information content (AvgIpc) is 1.57. The number of aromatic nitrogens is 3. The Hall–Kier alpha value is -11.5. The molecule has 0 radical (unpaired) electrons. The van der Waals surface area contributed by atoms with E-state index >= 15 is 0 Å². The summed E-state index contributed by atoms with van der Waals surface area (Å²) in [6, 6.07) is 35.3. The molecule has 1 spiro atoms. The monoisotopic (exact) mass is 1460 g/mol. The Morgan fingerprint density at radius 1 is 0.710 bits per heavy atom. The zero-order chi connectivity index (χ0) is 75.4. The van der Waals surface area contributed by atoms with Gasteiger partial charge in [-0.3, -0.25) is 33.6 Å². The third-order valence-corrected chi connectivity index (χ3v) is 20.5. The highest BCUT2D eigenvalue weighted by Crippen LogP contribution is 2.57. The zero-order valence-electron chi connectivity index (χ0n) is 60.8. The Balaban J connectivity index is 0.569. The Bertz CT molecular complexity index is 4580. The second-order valence-electron chi connectivity index (χ2n) is 28.5. The van der Waals surface area contributed by atoms with Crippen LogP contribution in [0, 0.1) is 11.3 Å². The van der Waals surface area contributed by atoms with Gasteiger partial charge in [0.25, 0.3) is 11.8 Å². The number of rotatable bonds is 26. The molecule has 7 aromatic rings. The van der Waals surface area contributed by atoms with E-state index in [1.807, 2.05) is 108 Å². The van der Waals surface area contributed by atoms with E-state index in [4.69, 9.17) is 23.7 Å². The molecule has 560 valence electrons. The number of hydrogen-bond donors (Lipinski definition) is 8. The fraction of sp³-hybridized carbons (Fsp3) is 0.392. The normalized spacial score (nSPS) is 18.0. The first kappa shape index (κ1) is 73.8. The van der Waals surface area contributed by atoms with Crippen molar-refractivity contribution in [2.24, 2.45) is 11.3 Å². The fourth-order valence-electron chi connectivity index (χ4n) is 14.5. The summed E-state index contributed by atoms with van der Waals surface area (Å²) in [6.45, 7) is 9.21. The van der Waals surface area contributed by atoms with Gasteiger partial charge in [0.1, 0.15) is 30.6 Å². The van der Waals surface area contributed by atoms with Crippen molar-refractivity contribution in [1.82, 2.24) is 46.1 Å². The summed E-state index contributed by atoms with van der Waals surface area (Å²) in [6.07, 6.45) is 1.63. The third kappa shape index (κ3) is 15.9. The molecule has 6 aliphatic rings. The van der Waals surface area contributed by atoms with Gasteiger partial charge in [0, 0.05) is 85.8 Å². The number of nitrogens with zero attached hydrogens (tertiary/aromatic N) is 7. The first-order valence-corrected chi connectivity index (χ1v) is 36.2. The molecule has 1 aliphatic carbocycles. The molecule has 5 aliphatic heterocycles. The minimum atomic E-state index is -1.50. The van der Waals surface area contributed by atoms with Crippen LogP contribution in [0.5, 0.6) is 23.0 Å². The van der Waals surface area contributed by atoms with Gasteiger partial charge in [-0.2, -0.15) is 0 Å². The molecule has 0 bridgehead atoms. The number of ether oxygens (including phenoxy) is 5. The molecule has 6 heterocycles. The summed E-state index contributed by atoms with van der Waals surface area (Å²) in [4.78, 5) is 116. The lowest BCUT2D eigenvalue weighted by molar-refractivity contribution is -0.132. The number of carbonyl (C=O) groups is 8.